The molecule has 0 bridgehead atoms. The maximum absolute atomic E-state index is 8.95. The largest absolute Gasteiger partial charge is 0.490 e. The van der Waals surface area contributed by atoms with Crippen molar-refractivity contribution >= 4 is 24.2 Å². The van der Waals surface area contributed by atoms with Gasteiger partial charge in [0.2, 0.25) is 5.88 Å². The average Bonchev–Trinajstić information content (AvgIpc) is 2.07. The van der Waals surface area contributed by atoms with Crippen molar-refractivity contribution in [3.05, 3.63) is 17.3 Å². The number of halogens is 1. The molecule has 6 heteroatoms. The molecular weight excluding hydrogens is 204 g/mol. The van der Waals surface area contributed by atoms with Gasteiger partial charge in [-0.2, -0.15) is 0 Å². The second-order valence-corrected chi connectivity index (χ2v) is 3.44. The summed E-state index contributed by atoms with van der Waals surface area (Å²) in [6, 6.07) is 1.43. The van der Waals surface area contributed by atoms with Gasteiger partial charge in [-0.1, -0.05) is 11.6 Å². The van der Waals surface area contributed by atoms with Gasteiger partial charge in [-0.3, -0.25) is 0 Å². The molecule has 0 atom stereocenters. The molecule has 0 unspecified atom stereocenters. The fourth-order valence-corrected chi connectivity index (χ4v) is 1.20. The Hall–Kier alpha value is -0.775. The van der Waals surface area contributed by atoms with Crippen molar-refractivity contribution in [2.75, 3.05) is 0 Å². The van der Waals surface area contributed by atoms with E-state index < -0.39 is 7.12 Å². The van der Waals surface area contributed by atoms with Gasteiger partial charge in [-0.15, -0.1) is 0 Å². The summed E-state index contributed by atoms with van der Waals surface area (Å²) in [5.74, 6) is 0.215. The summed E-state index contributed by atoms with van der Waals surface area (Å²) in [6.07, 6.45) is 1.35. The van der Waals surface area contributed by atoms with Crippen molar-refractivity contribution in [2.45, 2.75) is 20.0 Å². The Morgan fingerprint density at radius 1 is 1.50 bits per heavy atom. The number of hydrogen-bond donors (Lipinski definition) is 2. The lowest BCUT2D eigenvalue weighted by atomic mass is 9.81. The Balaban J connectivity index is 3.01. The third-order valence-electron chi connectivity index (χ3n) is 1.51. The highest BCUT2D eigenvalue weighted by Gasteiger charge is 2.19. The Morgan fingerprint density at radius 2 is 2.14 bits per heavy atom. The van der Waals surface area contributed by atoms with Gasteiger partial charge in [0.1, 0.15) is 5.02 Å². The summed E-state index contributed by atoms with van der Waals surface area (Å²) < 4.78 is 5.27. The Kier molecular flexibility index (Phi) is 3.74. The first-order chi connectivity index (χ1) is 6.52. The highest BCUT2D eigenvalue weighted by molar-refractivity contribution is 6.63. The number of aromatic nitrogens is 1. The molecule has 0 aliphatic rings. The van der Waals surface area contributed by atoms with Crippen LogP contribution in [0.5, 0.6) is 5.88 Å². The van der Waals surface area contributed by atoms with E-state index in [9.17, 15) is 0 Å². The summed E-state index contributed by atoms with van der Waals surface area (Å²) in [6.45, 7) is 3.67. The topological polar surface area (TPSA) is 62.6 Å². The number of pyridine rings is 1. The standard InChI is InChI=1S/C8H11BClNO3/c1-5(2)14-8-7(10)6(9(12)13)3-4-11-8/h3-5,12-13H,1-2H3. The fraction of sp³-hybridized carbons (Fsp3) is 0.375. The van der Waals surface area contributed by atoms with E-state index in [1.165, 1.54) is 12.3 Å². The van der Waals surface area contributed by atoms with E-state index in [0.717, 1.165) is 0 Å². The molecule has 76 valence electrons. The van der Waals surface area contributed by atoms with E-state index in [-0.39, 0.29) is 22.5 Å². The van der Waals surface area contributed by atoms with Crippen molar-refractivity contribution < 1.29 is 14.8 Å². The van der Waals surface area contributed by atoms with Crippen LogP contribution in [-0.4, -0.2) is 28.3 Å². The Morgan fingerprint density at radius 3 is 2.64 bits per heavy atom. The number of nitrogens with zero attached hydrogens (tertiary/aromatic N) is 1. The molecule has 2 N–H and O–H groups in total. The first kappa shape index (κ1) is 11.3. The minimum absolute atomic E-state index is 0.0638. The molecule has 0 aliphatic heterocycles. The molecule has 0 radical (unpaired) electrons. The lowest BCUT2D eigenvalue weighted by Gasteiger charge is -2.11. The summed E-state index contributed by atoms with van der Waals surface area (Å²) in [4.78, 5) is 3.89. The fourth-order valence-electron chi connectivity index (χ4n) is 0.943. The Bertz CT molecular complexity index is 319. The lowest BCUT2D eigenvalue weighted by molar-refractivity contribution is 0.233. The first-order valence-corrected chi connectivity index (χ1v) is 4.57. The normalized spacial score (nSPS) is 10.4. The van der Waals surface area contributed by atoms with Crippen LogP contribution in [0.4, 0.5) is 0 Å². The summed E-state index contributed by atoms with van der Waals surface area (Å²) >= 11 is 5.84. The summed E-state index contributed by atoms with van der Waals surface area (Å²) in [5.41, 5.74) is 0.192. The molecule has 0 saturated heterocycles. The second-order valence-electron chi connectivity index (χ2n) is 3.06. The zero-order valence-corrected chi connectivity index (χ0v) is 8.69. The highest BCUT2D eigenvalue weighted by atomic mass is 35.5. The monoisotopic (exact) mass is 215 g/mol. The third kappa shape index (κ3) is 2.61. The van der Waals surface area contributed by atoms with Crippen LogP contribution in [-0.2, 0) is 0 Å². The molecule has 0 aliphatic carbocycles. The van der Waals surface area contributed by atoms with Crippen LogP contribution in [0, 0.1) is 0 Å². The predicted molar refractivity (Wildman–Crippen MR) is 54.8 cm³/mol. The van der Waals surface area contributed by atoms with Crippen LogP contribution in [0.2, 0.25) is 5.02 Å². The van der Waals surface area contributed by atoms with E-state index in [2.05, 4.69) is 4.98 Å². The maximum atomic E-state index is 8.95. The zero-order valence-electron chi connectivity index (χ0n) is 7.94. The molecular formula is C8H11BClNO3. The zero-order chi connectivity index (χ0) is 10.7. The van der Waals surface area contributed by atoms with Crippen LogP contribution < -0.4 is 10.2 Å². The van der Waals surface area contributed by atoms with Crippen molar-refractivity contribution in [1.82, 2.24) is 4.98 Å². The van der Waals surface area contributed by atoms with Crippen molar-refractivity contribution in [3.63, 3.8) is 0 Å². The van der Waals surface area contributed by atoms with Crippen molar-refractivity contribution in [2.24, 2.45) is 0 Å². The van der Waals surface area contributed by atoms with Crippen LogP contribution in [0.3, 0.4) is 0 Å². The van der Waals surface area contributed by atoms with Crippen LogP contribution in [0.15, 0.2) is 12.3 Å². The molecule has 0 fully saturated rings. The first-order valence-electron chi connectivity index (χ1n) is 4.19. The predicted octanol–water partition coefficient (Wildman–Crippen LogP) is 0.202. The minimum Gasteiger partial charge on any atom is -0.474 e. The van der Waals surface area contributed by atoms with Gasteiger partial charge in [-0.05, 0) is 19.9 Å². The molecule has 1 aromatic rings. The quantitative estimate of drug-likeness (QED) is 0.707. The van der Waals surface area contributed by atoms with E-state index >= 15 is 0 Å². The molecule has 1 aromatic heterocycles. The summed E-state index contributed by atoms with van der Waals surface area (Å²) in [7, 11) is -1.61. The van der Waals surface area contributed by atoms with E-state index in [1.807, 2.05) is 13.8 Å². The van der Waals surface area contributed by atoms with E-state index in [4.69, 9.17) is 26.4 Å². The van der Waals surface area contributed by atoms with Crippen LogP contribution >= 0.6 is 11.6 Å². The number of hydrogen-bond acceptors (Lipinski definition) is 4. The third-order valence-corrected chi connectivity index (χ3v) is 1.89. The maximum Gasteiger partial charge on any atom is 0.490 e. The molecule has 0 aromatic carbocycles. The molecule has 1 heterocycles. The van der Waals surface area contributed by atoms with Crippen LogP contribution in [0.1, 0.15) is 13.8 Å². The molecule has 0 spiro atoms. The Labute approximate surface area is 87.6 Å². The van der Waals surface area contributed by atoms with Gasteiger partial charge < -0.3 is 14.8 Å². The van der Waals surface area contributed by atoms with Gasteiger partial charge >= 0.3 is 7.12 Å². The van der Waals surface area contributed by atoms with E-state index in [1.54, 1.807) is 0 Å². The molecule has 0 saturated carbocycles. The molecule has 4 nitrogen and oxygen atoms in total. The van der Waals surface area contributed by atoms with Crippen molar-refractivity contribution in [1.29, 1.82) is 0 Å². The van der Waals surface area contributed by atoms with Gasteiger partial charge in [0.05, 0.1) is 6.10 Å². The molecule has 1 rings (SSSR count). The number of ether oxygens (including phenoxy) is 1. The second kappa shape index (κ2) is 4.64. The minimum atomic E-state index is -1.61. The van der Waals surface area contributed by atoms with Gasteiger partial charge in [0.25, 0.3) is 0 Å². The SMILES string of the molecule is CC(C)Oc1nccc(B(O)O)c1Cl. The van der Waals surface area contributed by atoms with Gasteiger partial charge in [0, 0.05) is 11.7 Å². The smallest absolute Gasteiger partial charge is 0.474 e. The molecule has 14 heavy (non-hydrogen) atoms. The molecule has 0 amide bonds. The van der Waals surface area contributed by atoms with Gasteiger partial charge in [-0.25, -0.2) is 4.98 Å². The van der Waals surface area contributed by atoms with Gasteiger partial charge in [0.15, 0.2) is 0 Å². The lowest BCUT2D eigenvalue weighted by Crippen LogP contribution is -2.31. The highest BCUT2D eigenvalue weighted by Crippen LogP contribution is 2.19. The van der Waals surface area contributed by atoms with E-state index in [0.29, 0.717) is 0 Å². The average molecular weight is 215 g/mol. The summed E-state index contributed by atoms with van der Waals surface area (Å²) in [5, 5.41) is 18.0. The van der Waals surface area contributed by atoms with Crippen LogP contribution in [0.25, 0.3) is 0 Å². The van der Waals surface area contributed by atoms with Crippen molar-refractivity contribution in [3.8, 4) is 5.88 Å². The number of rotatable bonds is 3.